The van der Waals surface area contributed by atoms with E-state index in [1.165, 1.54) is 18.2 Å². The average molecular weight is 498 g/mol. The summed E-state index contributed by atoms with van der Waals surface area (Å²) in [4.78, 5) is 47.8. The highest BCUT2D eigenvalue weighted by Crippen LogP contribution is 2.34. The van der Waals surface area contributed by atoms with Crippen molar-refractivity contribution in [3.63, 3.8) is 0 Å². The smallest absolute Gasteiger partial charge is 0.335 e. The molecule has 7 heteroatoms. The summed E-state index contributed by atoms with van der Waals surface area (Å²) in [5.74, 6) is -2.22. The SMILES string of the molecule is O=C(O)c1ccc2c(c1)C(=O)N(c1cccc(-c3cc(-c4ccncc4)cc(-c4ccccc4)n3)c1)C2=O. The van der Waals surface area contributed by atoms with Crippen molar-refractivity contribution in [1.82, 2.24) is 9.97 Å². The number of rotatable bonds is 5. The number of carboxylic acid groups (broad SMARTS) is 1. The van der Waals surface area contributed by atoms with Crippen LogP contribution < -0.4 is 4.90 Å². The van der Waals surface area contributed by atoms with Crippen molar-refractivity contribution < 1.29 is 19.5 Å². The van der Waals surface area contributed by atoms with Crippen LogP contribution >= 0.6 is 0 Å². The van der Waals surface area contributed by atoms with Crippen LogP contribution in [0.1, 0.15) is 31.1 Å². The number of carbonyl (C=O) groups is 3. The number of anilines is 1. The Labute approximate surface area is 217 Å². The molecular formula is C31H19N3O4. The number of amides is 2. The number of aromatic carboxylic acids is 1. The molecule has 3 heterocycles. The molecule has 0 bridgehead atoms. The number of hydrogen-bond donors (Lipinski definition) is 1. The highest BCUT2D eigenvalue weighted by atomic mass is 16.4. The summed E-state index contributed by atoms with van der Waals surface area (Å²) >= 11 is 0. The second-order valence-corrected chi connectivity index (χ2v) is 8.79. The van der Waals surface area contributed by atoms with Gasteiger partial charge in [-0.2, -0.15) is 0 Å². The summed E-state index contributed by atoms with van der Waals surface area (Å²) in [5.41, 5.74) is 5.63. The van der Waals surface area contributed by atoms with Crippen LogP contribution in [-0.4, -0.2) is 32.9 Å². The van der Waals surface area contributed by atoms with Crippen molar-refractivity contribution in [2.24, 2.45) is 0 Å². The molecule has 0 fully saturated rings. The molecule has 182 valence electrons. The standard InChI is InChI=1S/C31H19N3O4/c35-29-25-10-9-22(31(37)38)16-26(25)30(36)34(29)24-8-4-7-21(15-24)28-18-23(19-11-13-32-14-12-19)17-27(33-28)20-5-2-1-3-6-20/h1-18H,(H,37,38). The van der Waals surface area contributed by atoms with E-state index in [4.69, 9.17) is 4.98 Å². The zero-order valence-electron chi connectivity index (χ0n) is 19.9. The van der Waals surface area contributed by atoms with Crippen molar-refractivity contribution >= 4 is 23.5 Å². The molecule has 2 aromatic heterocycles. The van der Waals surface area contributed by atoms with Gasteiger partial charge in [0.2, 0.25) is 0 Å². The summed E-state index contributed by atoms with van der Waals surface area (Å²) < 4.78 is 0. The molecule has 0 aliphatic carbocycles. The maximum Gasteiger partial charge on any atom is 0.335 e. The number of imide groups is 1. The fraction of sp³-hybridized carbons (Fsp3) is 0. The molecule has 0 saturated heterocycles. The number of pyridine rings is 2. The van der Waals surface area contributed by atoms with Crippen LogP contribution in [0.3, 0.4) is 0 Å². The van der Waals surface area contributed by atoms with E-state index in [-0.39, 0.29) is 16.7 Å². The van der Waals surface area contributed by atoms with Crippen LogP contribution in [-0.2, 0) is 0 Å². The zero-order valence-corrected chi connectivity index (χ0v) is 19.9. The van der Waals surface area contributed by atoms with Gasteiger partial charge in [-0.1, -0.05) is 42.5 Å². The normalized spacial score (nSPS) is 12.5. The molecular weight excluding hydrogens is 478 g/mol. The lowest BCUT2D eigenvalue weighted by molar-refractivity contribution is 0.0696. The third-order valence-corrected chi connectivity index (χ3v) is 6.44. The Balaban J connectivity index is 1.44. The number of aromatic nitrogens is 2. The molecule has 1 aliphatic heterocycles. The summed E-state index contributed by atoms with van der Waals surface area (Å²) in [6.45, 7) is 0. The fourth-order valence-corrected chi connectivity index (χ4v) is 4.56. The van der Waals surface area contributed by atoms with E-state index in [0.29, 0.717) is 11.4 Å². The first kappa shape index (κ1) is 23.0. The molecule has 0 radical (unpaired) electrons. The van der Waals surface area contributed by atoms with Crippen molar-refractivity contribution in [1.29, 1.82) is 0 Å². The Hall–Kier alpha value is -5.43. The van der Waals surface area contributed by atoms with Crippen LogP contribution in [0.25, 0.3) is 33.6 Å². The van der Waals surface area contributed by atoms with Crippen LogP contribution in [0.4, 0.5) is 5.69 Å². The maximum absolute atomic E-state index is 13.2. The van der Waals surface area contributed by atoms with E-state index in [1.54, 1.807) is 30.6 Å². The van der Waals surface area contributed by atoms with Crippen LogP contribution in [0.15, 0.2) is 109 Å². The third-order valence-electron chi connectivity index (χ3n) is 6.44. The van der Waals surface area contributed by atoms with Gasteiger partial charge < -0.3 is 5.11 Å². The quantitative estimate of drug-likeness (QED) is 0.300. The second kappa shape index (κ2) is 9.22. The number of hydrogen-bond acceptors (Lipinski definition) is 5. The van der Waals surface area contributed by atoms with Gasteiger partial charge in [-0.15, -0.1) is 0 Å². The van der Waals surface area contributed by atoms with Crippen LogP contribution in [0, 0.1) is 0 Å². The lowest BCUT2D eigenvalue weighted by atomic mass is 10.0. The highest BCUT2D eigenvalue weighted by molar-refractivity contribution is 6.34. The lowest BCUT2D eigenvalue weighted by Crippen LogP contribution is -2.29. The van der Waals surface area contributed by atoms with Gasteiger partial charge in [0.25, 0.3) is 11.8 Å². The van der Waals surface area contributed by atoms with Crippen molar-refractivity contribution in [3.8, 4) is 33.6 Å². The van der Waals surface area contributed by atoms with Gasteiger partial charge in [0, 0.05) is 23.5 Å². The number of carboxylic acids is 1. The highest BCUT2D eigenvalue weighted by Gasteiger charge is 2.37. The first-order valence-electron chi connectivity index (χ1n) is 11.8. The summed E-state index contributed by atoms with van der Waals surface area (Å²) in [5, 5.41) is 9.30. The predicted octanol–water partition coefficient (Wildman–Crippen LogP) is 5.98. The topological polar surface area (TPSA) is 100 Å². The zero-order chi connectivity index (χ0) is 26.2. The van der Waals surface area contributed by atoms with Crippen molar-refractivity contribution in [2.75, 3.05) is 4.90 Å². The van der Waals surface area contributed by atoms with Crippen LogP contribution in [0.5, 0.6) is 0 Å². The van der Waals surface area contributed by atoms with E-state index in [0.717, 1.165) is 32.8 Å². The van der Waals surface area contributed by atoms with E-state index >= 15 is 0 Å². The first-order valence-corrected chi connectivity index (χ1v) is 11.8. The van der Waals surface area contributed by atoms with Crippen LogP contribution in [0.2, 0.25) is 0 Å². The molecule has 0 saturated carbocycles. The number of fused-ring (bicyclic) bond motifs is 1. The summed E-state index contributed by atoms with van der Waals surface area (Å²) in [6, 6.07) is 28.7. The van der Waals surface area contributed by atoms with Crippen molar-refractivity contribution in [3.05, 3.63) is 126 Å². The summed E-state index contributed by atoms with van der Waals surface area (Å²) in [6.07, 6.45) is 3.46. The Morgan fingerprint density at radius 1 is 0.632 bits per heavy atom. The van der Waals surface area contributed by atoms with Gasteiger partial charge in [0.15, 0.2) is 0 Å². The molecule has 2 amide bonds. The molecule has 0 atom stereocenters. The van der Waals surface area contributed by atoms with Gasteiger partial charge in [0.1, 0.15) is 0 Å². The maximum atomic E-state index is 13.2. The van der Waals surface area contributed by atoms with E-state index in [1.807, 2.05) is 60.7 Å². The Bertz CT molecular complexity index is 1680. The third kappa shape index (κ3) is 4.02. The molecule has 5 aromatic rings. The van der Waals surface area contributed by atoms with E-state index < -0.39 is 17.8 Å². The molecule has 38 heavy (non-hydrogen) atoms. The predicted molar refractivity (Wildman–Crippen MR) is 143 cm³/mol. The van der Waals surface area contributed by atoms with Gasteiger partial charge in [-0.05, 0) is 65.7 Å². The lowest BCUT2D eigenvalue weighted by Gasteiger charge is -2.16. The molecule has 6 rings (SSSR count). The molecule has 1 aliphatic rings. The molecule has 0 unspecified atom stereocenters. The van der Waals surface area contributed by atoms with Gasteiger partial charge >= 0.3 is 5.97 Å². The van der Waals surface area contributed by atoms with Crippen molar-refractivity contribution in [2.45, 2.75) is 0 Å². The Kier molecular flexibility index (Phi) is 5.58. The molecule has 0 spiro atoms. The fourth-order valence-electron chi connectivity index (χ4n) is 4.56. The number of nitrogens with zero attached hydrogens (tertiary/aromatic N) is 3. The van der Waals surface area contributed by atoms with Gasteiger partial charge in [-0.3, -0.25) is 14.6 Å². The minimum Gasteiger partial charge on any atom is -0.478 e. The second-order valence-electron chi connectivity index (χ2n) is 8.79. The monoisotopic (exact) mass is 497 g/mol. The number of benzene rings is 3. The largest absolute Gasteiger partial charge is 0.478 e. The van der Waals surface area contributed by atoms with Gasteiger partial charge in [0.05, 0.1) is 33.8 Å². The van der Waals surface area contributed by atoms with Gasteiger partial charge in [-0.25, -0.2) is 14.7 Å². The molecule has 3 aromatic carbocycles. The Morgan fingerprint density at radius 3 is 2.05 bits per heavy atom. The van der Waals surface area contributed by atoms with E-state index in [9.17, 15) is 19.5 Å². The average Bonchev–Trinajstić information content (AvgIpc) is 3.22. The molecule has 1 N–H and O–H groups in total. The molecule has 7 nitrogen and oxygen atoms in total. The first-order chi connectivity index (χ1) is 18.5. The minimum absolute atomic E-state index is 0.0499. The summed E-state index contributed by atoms with van der Waals surface area (Å²) in [7, 11) is 0. The number of carbonyl (C=O) groups excluding carboxylic acids is 2. The minimum atomic E-state index is -1.16. The Morgan fingerprint density at radius 2 is 1.32 bits per heavy atom. The van der Waals surface area contributed by atoms with E-state index in [2.05, 4.69) is 4.98 Å².